The molecule has 2 aliphatic rings. The number of hydrogen-bond donors (Lipinski definition) is 3. The van der Waals surface area contributed by atoms with Crippen LogP contribution < -0.4 is 10.6 Å². The molecule has 1 saturated heterocycles. The zero-order chi connectivity index (χ0) is 21.8. The van der Waals surface area contributed by atoms with Crippen molar-refractivity contribution < 1.29 is 10.0 Å². The maximum atomic E-state index is 11.4. The number of rotatable bonds is 8. The van der Waals surface area contributed by atoms with Crippen LogP contribution in [0.2, 0.25) is 5.02 Å². The SMILES string of the molecule is O=[N+]([O-])c1cnc(NCc2cnccc2Cl)nc1NCC1CCC(N2CC(O)C2)CC1. The first-order valence-electron chi connectivity index (χ1n) is 10.5. The molecule has 3 heterocycles. The number of aliphatic hydroxyl groups excluding tert-OH is 1. The number of halogens is 1. The second kappa shape index (κ2) is 9.71. The lowest BCUT2D eigenvalue weighted by molar-refractivity contribution is -0.384. The molecular weight excluding hydrogens is 422 g/mol. The van der Waals surface area contributed by atoms with Crippen molar-refractivity contribution in [2.75, 3.05) is 30.3 Å². The summed E-state index contributed by atoms with van der Waals surface area (Å²) in [7, 11) is 0. The fraction of sp³-hybridized carbons (Fsp3) is 0.550. The van der Waals surface area contributed by atoms with Gasteiger partial charge in [0.05, 0.1) is 11.0 Å². The fourth-order valence-electron chi connectivity index (χ4n) is 4.18. The first-order chi connectivity index (χ1) is 15.0. The number of aromatic nitrogens is 3. The molecule has 0 atom stereocenters. The molecule has 0 spiro atoms. The van der Waals surface area contributed by atoms with Gasteiger partial charge in [-0.05, 0) is 37.7 Å². The quantitative estimate of drug-likeness (QED) is 0.413. The van der Waals surface area contributed by atoms with E-state index in [-0.39, 0.29) is 23.6 Å². The van der Waals surface area contributed by atoms with Gasteiger partial charge in [0.2, 0.25) is 11.8 Å². The summed E-state index contributed by atoms with van der Waals surface area (Å²) in [5.74, 6) is 0.934. The maximum absolute atomic E-state index is 11.4. The van der Waals surface area contributed by atoms with Crippen LogP contribution in [0.5, 0.6) is 0 Å². The van der Waals surface area contributed by atoms with Crippen LogP contribution in [0.15, 0.2) is 24.7 Å². The van der Waals surface area contributed by atoms with E-state index in [1.54, 1.807) is 18.5 Å². The zero-order valence-corrected chi connectivity index (χ0v) is 17.8. The molecule has 1 aliphatic carbocycles. The van der Waals surface area contributed by atoms with Crippen LogP contribution in [0.3, 0.4) is 0 Å². The highest BCUT2D eigenvalue weighted by Gasteiger charge is 2.33. The number of aliphatic hydroxyl groups is 1. The minimum Gasteiger partial charge on any atom is -0.390 e. The van der Waals surface area contributed by atoms with Crippen LogP contribution in [0.1, 0.15) is 31.2 Å². The normalized spacial score (nSPS) is 22.0. The number of pyridine rings is 1. The molecule has 2 aromatic rings. The summed E-state index contributed by atoms with van der Waals surface area (Å²) in [4.78, 5) is 25.7. The second-order valence-corrected chi connectivity index (χ2v) is 8.58. The largest absolute Gasteiger partial charge is 0.390 e. The number of β-amino-alcohol motifs (C(OH)–C–C–N with tert-alkyl or cyclic N) is 1. The van der Waals surface area contributed by atoms with Gasteiger partial charge in [0.1, 0.15) is 6.20 Å². The summed E-state index contributed by atoms with van der Waals surface area (Å²) >= 11 is 6.14. The Bertz CT molecular complexity index is 917. The van der Waals surface area contributed by atoms with Crippen LogP contribution in [0.25, 0.3) is 0 Å². The Morgan fingerprint density at radius 2 is 2.00 bits per heavy atom. The van der Waals surface area contributed by atoms with Crippen molar-refractivity contribution in [1.82, 2.24) is 19.9 Å². The average molecular weight is 448 g/mol. The Morgan fingerprint density at radius 3 is 2.68 bits per heavy atom. The molecule has 166 valence electrons. The lowest BCUT2D eigenvalue weighted by Gasteiger charge is -2.44. The van der Waals surface area contributed by atoms with E-state index in [1.807, 2.05) is 0 Å². The topological polar surface area (TPSA) is 129 Å². The molecule has 1 aliphatic heterocycles. The molecule has 0 bridgehead atoms. The molecule has 3 N–H and O–H groups in total. The van der Waals surface area contributed by atoms with Crippen molar-refractivity contribution >= 4 is 29.1 Å². The van der Waals surface area contributed by atoms with E-state index in [4.69, 9.17) is 11.6 Å². The van der Waals surface area contributed by atoms with E-state index >= 15 is 0 Å². The predicted octanol–water partition coefficient (Wildman–Crippen LogP) is 2.69. The molecule has 10 nitrogen and oxygen atoms in total. The van der Waals surface area contributed by atoms with Gasteiger partial charge >= 0.3 is 5.69 Å². The van der Waals surface area contributed by atoms with Crippen LogP contribution >= 0.6 is 11.6 Å². The molecule has 11 heteroatoms. The van der Waals surface area contributed by atoms with Crippen molar-refractivity contribution in [2.24, 2.45) is 5.92 Å². The van der Waals surface area contributed by atoms with Gasteiger partial charge in [-0.3, -0.25) is 20.0 Å². The van der Waals surface area contributed by atoms with Gasteiger partial charge in [0.15, 0.2) is 0 Å². The van der Waals surface area contributed by atoms with E-state index in [0.717, 1.165) is 44.3 Å². The summed E-state index contributed by atoms with van der Waals surface area (Å²) in [6.45, 7) is 2.54. The molecule has 0 amide bonds. The summed E-state index contributed by atoms with van der Waals surface area (Å²) in [6, 6.07) is 2.24. The highest BCUT2D eigenvalue weighted by atomic mass is 35.5. The number of likely N-dealkylation sites (tertiary alicyclic amines) is 1. The molecule has 2 aromatic heterocycles. The van der Waals surface area contributed by atoms with Crippen LogP contribution in [-0.4, -0.2) is 61.7 Å². The molecule has 1 saturated carbocycles. The molecule has 2 fully saturated rings. The Balaban J connectivity index is 1.33. The Hall–Kier alpha value is -2.56. The summed E-state index contributed by atoms with van der Waals surface area (Å²) in [5, 5.41) is 27.7. The third-order valence-electron chi connectivity index (χ3n) is 6.03. The third kappa shape index (κ3) is 5.38. The van der Waals surface area contributed by atoms with E-state index in [2.05, 4.69) is 30.5 Å². The Labute approximate surface area is 185 Å². The standard InChI is InChI=1S/C20H26ClN7O3/c21-17-5-6-22-8-14(17)9-24-20-25-10-18(28(30)31)19(26-20)23-7-13-1-3-15(4-2-13)27-11-16(29)12-27/h5-6,8,10,13,15-16,29H,1-4,7,9,11-12H2,(H2,23,24,25,26). The predicted molar refractivity (Wildman–Crippen MR) is 117 cm³/mol. The van der Waals surface area contributed by atoms with Gasteiger partial charge in [-0.1, -0.05) is 11.6 Å². The fourth-order valence-corrected chi connectivity index (χ4v) is 4.35. The van der Waals surface area contributed by atoms with Crippen LogP contribution in [0.4, 0.5) is 17.5 Å². The van der Waals surface area contributed by atoms with Gasteiger partial charge in [0, 0.05) is 55.2 Å². The molecule has 0 unspecified atom stereocenters. The number of anilines is 2. The number of nitrogens with one attached hydrogen (secondary N) is 2. The number of hydrogen-bond acceptors (Lipinski definition) is 9. The molecule has 0 radical (unpaired) electrons. The van der Waals surface area contributed by atoms with E-state index in [9.17, 15) is 15.2 Å². The van der Waals surface area contributed by atoms with Gasteiger partial charge in [-0.25, -0.2) is 4.98 Å². The summed E-state index contributed by atoms with van der Waals surface area (Å²) in [6.07, 6.45) is 8.58. The second-order valence-electron chi connectivity index (χ2n) is 8.17. The van der Waals surface area contributed by atoms with Gasteiger partial charge < -0.3 is 15.7 Å². The smallest absolute Gasteiger partial charge is 0.329 e. The highest BCUT2D eigenvalue weighted by Crippen LogP contribution is 2.31. The maximum Gasteiger partial charge on any atom is 0.329 e. The van der Waals surface area contributed by atoms with Gasteiger partial charge in [-0.2, -0.15) is 4.98 Å². The number of nitro groups is 1. The first kappa shape index (κ1) is 21.7. The molecule has 31 heavy (non-hydrogen) atoms. The summed E-state index contributed by atoms with van der Waals surface area (Å²) in [5.41, 5.74) is 0.639. The van der Waals surface area contributed by atoms with E-state index < -0.39 is 4.92 Å². The van der Waals surface area contributed by atoms with Gasteiger partial charge in [0.25, 0.3) is 0 Å². The molecule has 4 rings (SSSR count). The zero-order valence-electron chi connectivity index (χ0n) is 17.1. The lowest BCUT2D eigenvalue weighted by Crippen LogP contribution is -2.56. The molecular formula is C20H26ClN7O3. The minimum atomic E-state index is -0.476. The highest BCUT2D eigenvalue weighted by molar-refractivity contribution is 6.31. The van der Waals surface area contributed by atoms with Gasteiger partial charge in [-0.15, -0.1) is 0 Å². The number of nitrogens with zero attached hydrogens (tertiary/aromatic N) is 5. The average Bonchev–Trinajstić information content (AvgIpc) is 2.75. The Morgan fingerprint density at radius 1 is 1.23 bits per heavy atom. The lowest BCUT2D eigenvalue weighted by atomic mass is 9.84. The monoisotopic (exact) mass is 447 g/mol. The van der Waals surface area contributed by atoms with E-state index in [1.165, 1.54) is 6.20 Å². The minimum absolute atomic E-state index is 0.145. The van der Waals surface area contributed by atoms with Crippen molar-refractivity contribution in [3.05, 3.63) is 45.4 Å². The molecule has 0 aromatic carbocycles. The first-order valence-corrected chi connectivity index (χ1v) is 10.9. The third-order valence-corrected chi connectivity index (χ3v) is 6.40. The van der Waals surface area contributed by atoms with Crippen LogP contribution in [-0.2, 0) is 6.54 Å². The van der Waals surface area contributed by atoms with Crippen LogP contribution in [0, 0.1) is 16.0 Å². The summed E-state index contributed by atoms with van der Waals surface area (Å²) < 4.78 is 0. The Kier molecular flexibility index (Phi) is 6.79. The van der Waals surface area contributed by atoms with Crippen molar-refractivity contribution in [2.45, 2.75) is 44.4 Å². The van der Waals surface area contributed by atoms with Crippen molar-refractivity contribution in [3.8, 4) is 0 Å². The van der Waals surface area contributed by atoms with E-state index in [0.29, 0.717) is 30.1 Å². The van der Waals surface area contributed by atoms with Crippen molar-refractivity contribution in [1.29, 1.82) is 0 Å². The van der Waals surface area contributed by atoms with Crippen molar-refractivity contribution in [3.63, 3.8) is 0 Å².